The normalized spacial score (nSPS) is 11.1. The van der Waals surface area contributed by atoms with Gasteiger partial charge in [0.1, 0.15) is 11.5 Å². The summed E-state index contributed by atoms with van der Waals surface area (Å²) in [5.41, 5.74) is 4.57. The zero-order valence-electron chi connectivity index (χ0n) is 14.9. The molecule has 0 aliphatic carbocycles. The molecule has 1 amide bonds. The van der Waals surface area contributed by atoms with Crippen LogP contribution in [0.1, 0.15) is 16.8 Å². The smallest absolute Gasteiger partial charge is 0.232 e. The van der Waals surface area contributed by atoms with E-state index in [9.17, 15) is 9.18 Å². The number of halogens is 1. The largest absolute Gasteiger partial charge is 0.303 e. The third-order valence-corrected chi connectivity index (χ3v) is 4.99. The molecule has 3 heterocycles. The predicted octanol–water partition coefficient (Wildman–Crippen LogP) is 4.39. The Labute approximate surface area is 159 Å². The molecule has 4 rings (SSSR count). The monoisotopic (exact) mass is 380 g/mol. The molecule has 136 valence electrons. The van der Waals surface area contributed by atoms with Gasteiger partial charge in [0.25, 0.3) is 0 Å². The maximum Gasteiger partial charge on any atom is 0.232 e. The van der Waals surface area contributed by atoms with Crippen LogP contribution in [0.4, 0.5) is 9.52 Å². The number of amides is 1. The molecule has 1 aromatic carbocycles. The van der Waals surface area contributed by atoms with Gasteiger partial charge >= 0.3 is 0 Å². The fourth-order valence-electron chi connectivity index (χ4n) is 2.99. The summed E-state index contributed by atoms with van der Waals surface area (Å²) in [6.07, 6.45) is 3.73. The number of anilines is 1. The molecule has 3 aromatic heterocycles. The SMILES string of the molecule is Cc1ccc2nc(-c3ccc(F)c(C)c3)c(CC(=O)Nc3nccs3)n2c1. The third-order valence-electron chi connectivity index (χ3n) is 4.30. The summed E-state index contributed by atoms with van der Waals surface area (Å²) in [7, 11) is 0. The molecular formula is C20H17FN4OS. The maximum absolute atomic E-state index is 13.7. The minimum atomic E-state index is -0.263. The van der Waals surface area contributed by atoms with Crippen LogP contribution in [0.15, 0.2) is 48.1 Å². The molecule has 0 bridgehead atoms. The quantitative estimate of drug-likeness (QED) is 0.571. The first kappa shape index (κ1) is 17.4. The number of fused-ring (bicyclic) bond motifs is 1. The average molecular weight is 380 g/mol. The van der Waals surface area contributed by atoms with Crippen LogP contribution in [0, 0.1) is 19.7 Å². The summed E-state index contributed by atoms with van der Waals surface area (Å²) < 4.78 is 15.6. The molecule has 27 heavy (non-hydrogen) atoms. The van der Waals surface area contributed by atoms with Gasteiger partial charge in [0.05, 0.1) is 17.8 Å². The Morgan fingerprint density at radius 1 is 1.26 bits per heavy atom. The van der Waals surface area contributed by atoms with E-state index in [-0.39, 0.29) is 18.1 Å². The van der Waals surface area contributed by atoms with E-state index in [1.807, 2.05) is 29.7 Å². The van der Waals surface area contributed by atoms with Gasteiger partial charge in [-0.15, -0.1) is 11.3 Å². The second-order valence-electron chi connectivity index (χ2n) is 6.37. The molecule has 1 N–H and O–H groups in total. The molecule has 4 aromatic rings. The average Bonchev–Trinajstić information content (AvgIpc) is 3.26. The van der Waals surface area contributed by atoms with Crippen LogP contribution in [0.5, 0.6) is 0 Å². The lowest BCUT2D eigenvalue weighted by Gasteiger charge is -2.07. The highest BCUT2D eigenvalue weighted by Crippen LogP contribution is 2.27. The minimum absolute atomic E-state index is 0.135. The highest BCUT2D eigenvalue weighted by molar-refractivity contribution is 7.13. The molecule has 0 saturated carbocycles. The highest BCUT2D eigenvalue weighted by atomic mass is 32.1. The zero-order chi connectivity index (χ0) is 19.0. The molecule has 0 unspecified atom stereocenters. The number of benzene rings is 1. The van der Waals surface area contributed by atoms with Crippen LogP contribution >= 0.6 is 11.3 Å². The fraction of sp³-hybridized carbons (Fsp3) is 0.150. The Bertz CT molecular complexity index is 1130. The van der Waals surface area contributed by atoms with Crippen molar-refractivity contribution in [3.8, 4) is 11.3 Å². The van der Waals surface area contributed by atoms with Gasteiger partial charge in [0, 0.05) is 23.3 Å². The summed E-state index contributed by atoms with van der Waals surface area (Å²) in [4.78, 5) is 21.3. The molecular weight excluding hydrogens is 363 g/mol. The van der Waals surface area contributed by atoms with E-state index in [1.54, 1.807) is 30.6 Å². The van der Waals surface area contributed by atoms with Gasteiger partial charge in [-0.25, -0.2) is 14.4 Å². The number of carbonyl (C=O) groups excluding carboxylic acids is 1. The number of hydrogen-bond acceptors (Lipinski definition) is 4. The molecule has 0 saturated heterocycles. The van der Waals surface area contributed by atoms with Crippen LogP contribution in [-0.4, -0.2) is 20.3 Å². The van der Waals surface area contributed by atoms with E-state index in [2.05, 4.69) is 10.3 Å². The number of aromatic nitrogens is 3. The van der Waals surface area contributed by atoms with Crippen LogP contribution in [0.25, 0.3) is 16.9 Å². The Balaban J connectivity index is 1.79. The molecule has 0 fully saturated rings. The first-order chi connectivity index (χ1) is 13.0. The first-order valence-corrected chi connectivity index (χ1v) is 9.32. The van der Waals surface area contributed by atoms with Crippen molar-refractivity contribution in [3.05, 3.63) is 70.7 Å². The van der Waals surface area contributed by atoms with Crippen molar-refractivity contribution in [1.82, 2.24) is 14.4 Å². The Hall–Kier alpha value is -3.06. The third kappa shape index (κ3) is 3.46. The van der Waals surface area contributed by atoms with Gasteiger partial charge in [-0.3, -0.25) is 4.79 Å². The number of aryl methyl sites for hydroxylation is 2. The summed E-state index contributed by atoms with van der Waals surface area (Å²) in [5, 5.41) is 5.17. The van der Waals surface area contributed by atoms with Gasteiger partial charge in [0.15, 0.2) is 5.13 Å². The number of pyridine rings is 1. The Morgan fingerprint density at radius 2 is 2.11 bits per heavy atom. The highest BCUT2D eigenvalue weighted by Gasteiger charge is 2.18. The van der Waals surface area contributed by atoms with Gasteiger partial charge in [-0.2, -0.15) is 0 Å². The Morgan fingerprint density at radius 3 is 2.85 bits per heavy atom. The van der Waals surface area contributed by atoms with E-state index >= 15 is 0 Å². The van der Waals surface area contributed by atoms with E-state index in [0.717, 1.165) is 22.5 Å². The Kier molecular flexibility index (Phi) is 4.45. The van der Waals surface area contributed by atoms with Gasteiger partial charge in [-0.1, -0.05) is 6.07 Å². The molecule has 0 radical (unpaired) electrons. The number of carbonyl (C=O) groups is 1. The summed E-state index contributed by atoms with van der Waals surface area (Å²) >= 11 is 1.37. The van der Waals surface area contributed by atoms with E-state index in [4.69, 9.17) is 4.98 Å². The first-order valence-electron chi connectivity index (χ1n) is 8.45. The van der Waals surface area contributed by atoms with E-state index in [0.29, 0.717) is 16.4 Å². The standard InChI is InChI=1S/C20H17FN4OS/c1-12-3-6-17-23-19(14-4-5-15(21)13(2)9-14)16(25(17)11-12)10-18(26)24-20-22-7-8-27-20/h3-9,11H,10H2,1-2H3,(H,22,24,26). The number of rotatable bonds is 4. The molecule has 5 nitrogen and oxygen atoms in total. The van der Waals surface area contributed by atoms with Gasteiger partial charge in [0.2, 0.25) is 5.91 Å². The van der Waals surface area contributed by atoms with Crippen molar-refractivity contribution in [3.63, 3.8) is 0 Å². The molecule has 0 atom stereocenters. The van der Waals surface area contributed by atoms with Crippen molar-refractivity contribution in [2.24, 2.45) is 0 Å². The van der Waals surface area contributed by atoms with Crippen molar-refractivity contribution in [2.75, 3.05) is 5.32 Å². The zero-order valence-corrected chi connectivity index (χ0v) is 15.7. The molecule has 0 spiro atoms. The lowest BCUT2D eigenvalue weighted by atomic mass is 10.1. The molecule has 7 heteroatoms. The number of imidazole rings is 1. The van der Waals surface area contributed by atoms with Crippen LogP contribution < -0.4 is 5.32 Å². The van der Waals surface area contributed by atoms with E-state index < -0.39 is 0 Å². The topological polar surface area (TPSA) is 59.3 Å². The van der Waals surface area contributed by atoms with Gasteiger partial charge in [-0.05, 0) is 49.2 Å². The van der Waals surface area contributed by atoms with Crippen molar-refractivity contribution in [1.29, 1.82) is 0 Å². The van der Waals surface area contributed by atoms with Gasteiger partial charge < -0.3 is 9.72 Å². The lowest BCUT2D eigenvalue weighted by molar-refractivity contribution is -0.115. The van der Waals surface area contributed by atoms with Crippen molar-refractivity contribution >= 4 is 28.0 Å². The second kappa shape index (κ2) is 6.92. The number of hydrogen-bond donors (Lipinski definition) is 1. The minimum Gasteiger partial charge on any atom is -0.303 e. The number of nitrogens with one attached hydrogen (secondary N) is 1. The predicted molar refractivity (Wildman–Crippen MR) is 105 cm³/mol. The van der Waals surface area contributed by atoms with Crippen LogP contribution in [0.3, 0.4) is 0 Å². The number of nitrogens with zero attached hydrogens (tertiary/aromatic N) is 3. The molecule has 0 aliphatic rings. The fourth-order valence-corrected chi connectivity index (χ4v) is 3.54. The van der Waals surface area contributed by atoms with Crippen LogP contribution in [-0.2, 0) is 11.2 Å². The molecule has 0 aliphatic heterocycles. The number of thiazole rings is 1. The maximum atomic E-state index is 13.7. The van der Waals surface area contributed by atoms with Crippen molar-refractivity contribution < 1.29 is 9.18 Å². The van der Waals surface area contributed by atoms with Crippen molar-refractivity contribution in [2.45, 2.75) is 20.3 Å². The second-order valence-corrected chi connectivity index (χ2v) is 7.26. The van der Waals surface area contributed by atoms with Crippen LogP contribution in [0.2, 0.25) is 0 Å². The van der Waals surface area contributed by atoms with E-state index in [1.165, 1.54) is 17.4 Å². The summed E-state index contributed by atoms with van der Waals surface area (Å²) in [6.45, 7) is 3.70. The summed E-state index contributed by atoms with van der Waals surface area (Å²) in [6, 6.07) is 8.77. The summed E-state index contributed by atoms with van der Waals surface area (Å²) in [5.74, 6) is -0.435. The lowest BCUT2D eigenvalue weighted by Crippen LogP contribution is -2.16.